The first-order valence-electron chi connectivity index (χ1n) is 10.6. The molecule has 3 heterocycles. The van der Waals surface area contributed by atoms with Crippen molar-refractivity contribution in [1.29, 1.82) is 0 Å². The highest BCUT2D eigenvalue weighted by molar-refractivity contribution is 6.06. The summed E-state index contributed by atoms with van der Waals surface area (Å²) < 4.78 is 5.92. The van der Waals surface area contributed by atoms with E-state index in [0.717, 1.165) is 37.0 Å². The van der Waals surface area contributed by atoms with Crippen LogP contribution in [0.3, 0.4) is 0 Å². The van der Waals surface area contributed by atoms with Gasteiger partial charge in [-0.2, -0.15) is 0 Å². The van der Waals surface area contributed by atoms with Crippen molar-refractivity contribution in [2.45, 2.75) is 83.0 Å². The van der Waals surface area contributed by atoms with Crippen LogP contribution in [0.5, 0.6) is 0 Å². The summed E-state index contributed by atoms with van der Waals surface area (Å²) in [6.45, 7) is 2.20. The lowest BCUT2D eigenvalue weighted by Gasteiger charge is -2.60. The van der Waals surface area contributed by atoms with E-state index in [9.17, 15) is 9.59 Å². The molecule has 4 heteroatoms. The molecule has 7 rings (SSSR count). The predicted octanol–water partition coefficient (Wildman–Crippen LogP) is 3.14. The quantitative estimate of drug-likeness (QED) is 0.740. The second-order valence-corrected chi connectivity index (χ2v) is 10.1. The molecule has 2 amide bonds. The smallest absolute Gasteiger partial charge is 0.236 e. The Kier molecular flexibility index (Phi) is 2.96. The van der Waals surface area contributed by atoms with Crippen LogP contribution in [-0.4, -0.2) is 35.0 Å². The maximum Gasteiger partial charge on any atom is 0.236 e. The van der Waals surface area contributed by atoms with Gasteiger partial charge < -0.3 is 4.74 Å². The average molecular weight is 343 g/mol. The van der Waals surface area contributed by atoms with Crippen molar-refractivity contribution >= 4 is 11.8 Å². The molecular weight excluding hydrogens is 314 g/mol. The molecule has 136 valence electrons. The lowest BCUT2D eigenvalue weighted by molar-refractivity contribution is -0.157. The molecule has 4 nitrogen and oxygen atoms in total. The number of amides is 2. The third-order valence-corrected chi connectivity index (χ3v) is 8.81. The van der Waals surface area contributed by atoms with Crippen molar-refractivity contribution in [3.8, 4) is 0 Å². The average Bonchev–Trinajstić information content (AvgIpc) is 3.23. The Morgan fingerprint density at radius 1 is 0.960 bits per heavy atom. The van der Waals surface area contributed by atoms with Gasteiger partial charge in [-0.05, 0) is 81.0 Å². The Balaban J connectivity index is 1.36. The summed E-state index contributed by atoms with van der Waals surface area (Å²) in [5.41, 5.74) is 0.230. The number of carbonyl (C=O) groups excluding carboxylic acids is 2. The maximum atomic E-state index is 13.3. The molecule has 6 bridgehead atoms. The second kappa shape index (κ2) is 4.88. The van der Waals surface area contributed by atoms with E-state index in [1.54, 1.807) is 4.90 Å². The Bertz CT molecular complexity index is 580. The number of rotatable bonds is 3. The van der Waals surface area contributed by atoms with Gasteiger partial charge in [0.05, 0.1) is 24.0 Å². The highest BCUT2D eigenvalue weighted by Gasteiger charge is 2.65. The van der Waals surface area contributed by atoms with E-state index < -0.39 is 0 Å². The Morgan fingerprint density at radius 2 is 1.44 bits per heavy atom. The van der Waals surface area contributed by atoms with E-state index in [1.807, 2.05) is 0 Å². The molecule has 0 aromatic rings. The Hall–Kier alpha value is -0.900. The van der Waals surface area contributed by atoms with Gasteiger partial charge in [0.25, 0.3) is 0 Å². The first kappa shape index (κ1) is 15.2. The third kappa shape index (κ3) is 1.82. The van der Waals surface area contributed by atoms with E-state index in [2.05, 4.69) is 6.92 Å². The Morgan fingerprint density at radius 3 is 1.88 bits per heavy atom. The van der Waals surface area contributed by atoms with Gasteiger partial charge in [0.1, 0.15) is 0 Å². The third-order valence-electron chi connectivity index (χ3n) is 8.81. The van der Waals surface area contributed by atoms with E-state index >= 15 is 0 Å². The van der Waals surface area contributed by atoms with Crippen LogP contribution in [0.2, 0.25) is 0 Å². The number of carbonyl (C=O) groups is 2. The van der Waals surface area contributed by atoms with Crippen LogP contribution in [0, 0.1) is 35.0 Å². The lowest BCUT2D eigenvalue weighted by atomic mass is 9.47. The topological polar surface area (TPSA) is 46.6 Å². The highest BCUT2D eigenvalue weighted by Crippen LogP contribution is 2.63. The van der Waals surface area contributed by atoms with Gasteiger partial charge >= 0.3 is 0 Å². The summed E-state index contributed by atoms with van der Waals surface area (Å²) in [5.74, 6) is 2.48. The molecule has 0 aromatic heterocycles. The van der Waals surface area contributed by atoms with Crippen molar-refractivity contribution in [3.05, 3.63) is 0 Å². The minimum absolute atomic E-state index is 0.0188. The second-order valence-electron chi connectivity index (χ2n) is 10.1. The van der Waals surface area contributed by atoms with Gasteiger partial charge in [0, 0.05) is 6.04 Å². The molecule has 3 saturated heterocycles. The zero-order valence-electron chi connectivity index (χ0n) is 15.2. The van der Waals surface area contributed by atoms with E-state index in [-0.39, 0.29) is 47.3 Å². The first-order chi connectivity index (χ1) is 12.1. The monoisotopic (exact) mass is 343 g/mol. The predicted molar refractivity (Wildman–Crippen MR) is 91.4 cm³/mol. The van der Waals surface area contributed by atoms with Crippen molar-refractivity contribution in [3.63, 3.8) is 0 Å². The maximum absolute atomic E-state index is 13.3. The van der Waals surface area contributed by atoms with Gasteiger partial charge in [0.2, 0.25) is 11.8 Å². The number of hydrogen-bond donors (Lipinski definition) is 0. The molecule has 5 atom stereocenters. The minimum atomic E-state index is -0.158. The molecule has 0 radical (unpaired) electrons. The number of nitrogens with zero attached hydrogens (tertiary/aromatic N) is 1. The molecule has 4 aliphatic carbocycles. The zero-order valence-corrected chi connectivity index (χ0v) is 15.2. The largest absolute Gasteiger partial charge is 0.373 e. The summed E-state index contributed by atoms with van der Waals surface area (Å²) >= 11 is 0. The van der Waals surface area contributed by atoms with Crippen molar-refractivity contribution in [1.82, 2.24) is 4.90 Å². The van der Waals surface area contributed by atoms with Gasteiger partial charge in [-0.3, -0.25) is 14.5 Å². The first-order valence-corrected chi connectivity index (χ1v) is 10.6. The number of ether oxygens (including phenoxy) is 1. The fourth-order valence-corrected chi connectivity index (χ4v) is 8.52. The van der Waals surface area contributed by atoms with E-state index in [1.165, 1.54) is 38.5 Å². The van der Waals surface area contributed by atoms with Gasteiger partial charge in [0.15, 0.2) is 0 Å². The van der Waals surface area contributed by atoms with Crippen LogP contribution in [0.15, 0.2) is 0 Å². The summed E-state index contributed by atoms with van der Waals surface area (Å²) in [4.78, 5) is 28.4. The van der Waals surface area contributed by atoms with E-state index in [0.29, 0.717) is 0 Å². The summed E-state index contributed by atoms with van der Waals surface area (Å²) in [6, 6.07) is 0.144. The van der Waals surface area contributed by atoms with Crippen LogP contribution < -0.4 is 0 Å². The number of fused-ring (bicyclic) bond motifs is 5. The molecule has 3 aliphatic heterocycles. The summed E-state index contributed by atoms with van der Waals surface area (Å²) in [7, 11) is 0. The Labute approximate surface area is 149 Å². The fraction of sp³-hybridized carbons (Fsp3) is 0.905. The summed E-state index contributed by atoms with van der Waals surface area (Å²) in [6.07, 6.45) is 10.9. The van der Waals surface area contributed by atoms with E-state index in [4.69, 9.17) is 4.74 Å². The van der Waals surface area contributed by atoms with Crippen LogP contribution in [0.4, 0.5) is 0 Å². The SMILES string of the molecule is CC[C@@H](N1C(=O)[C@@H]2[C@H](C1=O)[C@@H]1CC[C@@H]2O1)C12CC3CC(CC(C3)C1)C2. The number of imide groups is 1. The van der Waals surface area contributed by atoms with Gasteiger partial charge in [-0.1, -0.05) is 6.92 Å². The molecule has 7 aliphatic rings. The highest BCUT2D eigenvalue weighted by atomic mass is 16.5. The zero-order chi connectivity index (χ0) is 16.9. The standard InChI is InChI=1S/C21H29NO3/c1-2-16(21-8-11-5-12(9-21)7-13(6-11)10-21)22-19(23)17-14-3-4-15(25-14)18(17)20(22)24/h11-18H,2-10H2,1H3/t11?,12?,13?,14-,15-,16+,17-,18+,21?/m0/s1. The minimum Gasteiger partial charge on any atom is -0.373 e. The molecule has 25 heavy (non-hydrogen) atoms. The number of likely N-dealkylation sites (tertiary alicyclic amines) is 1. The van der Waals surface area contributed by atoms with Crippen LogP contribution in [0.25, 0.3) is 0 Å². The molecule has 7 fully saturated rings. The lowest BCUT2D eigenvalue weighted by Crippen LogP contribution is -2.58. The van der Waals surface area contributed by atoms with Crippen molar-refractivity contribution in [2.24, 2.45) is 35.0 Å². The molecule has 0 aromatic carbocycles. The molecular formula is C21H29NO3. The van der Waals surface area contributed by atoms with Crippen molar-refractivity contribution in [2.75, 3.05) is 0 Å². The van der Waals surface area contributed by atoms with Crippen LogP contribution in [-0.2, 0) is 14.3 Å². The number of hydrogen-bond acceptors (Lipinski definition) is 3. The molecule has 0 unspecified atom stereocenters. The van der Waals surface area contributed by atoms with Crippen molar-refractivity contribution < 1.29 is 14.3 Å². The van der Waals surface area contributed by atoms with Gasteiger partial charge in [-0.25, -0.2) is 0 Å². The molecule has 0 spiro atoms. The normalized spacial score (nSPS) is 53.8. The fourth-order valence-electron chi connectivity index (χ4n) is 8.52. The summed E-state index contributed by atoms with van der Waals surface area (Å²) in [5, 5.41) is 0. The van der Waals surface area contributed by atoms with Gasteiger partial charge in [-0.15, -0.1) is 0 Å². The van der Waals surface area contributed by atoms with Crippen LogP contribution >= 0.6 is 0 Å². The van der Waals surface area contributed by atoms with Crippen LogP contribution in [0.1, 0.15) is 64.7 Å². The molecule has 0 N–H and O–H groups in total. The molecule has 4 saturated carbocycles.